The summed E-state index contributed by atoms with van der Waals surface area (Å²) in [6.07, 6.45) is 5.05. The van der Waals surface area contributed by atoms with E-state index in [1.54, 1.807) is 23.3 Å². The van der Waals surface area contributed by atoms with Gasteiger partial charge in [0.1, 0.15) is 0 Å². The lowest BCUT2D eigenvalue weighted by Crippen LogP contribution is -2.01. The van der Waals surface area contributed by atoms with Gasteiger partial charge >= 0.3 is 0 Å². The van der Waals surface area contributed by atoms with Crippen LogP contribution < -0.4 is 0 Å². The number of halogens is 2. The third-order valence-electron chi connectivity index (χ3n) is 1.69. The average molecular weight is 274 g/mol. The van der Waals surface area contributed by atoms with Gasteiger partial charge in [-0.15, -0.1) is 16.7 Å². The molecule has 2 aromatic rings. The summed E-state index contributed by atoms with van der Waals surface area (Å²) in [5, 5.41) is 7.70. The summed E-state index contributed by atoms with van der Waals surface area (Å²) < 4.78 is 2.55. The van der Waals surface area contributed by atoms with Crippen LogP contribution >= 0.6 is 27.5 Å². The van der Waals surface area contributed by atoms with Crippen LogP contribution in [0.2, 0.25) is 0 Å². The van der Waals surface area contributed by atoms with Crippen molar-refractivity contribution in [1.29, 1.82) is 0 Å². The van der Waals surface area contributed by atoms with Gasteiger partial charge in [0.2, 0.25) is 0 Å². The molecule has 0 saturated carbocycles. The molecule has 0 saturated heterocycles. The van der Waals surface area contributed by atoms with Gasteiger partial charge < -0.3 is 0 Å². The number of nitrogens with zero attached hydrogens (tertiary/aromatic N) is 4. The minimum Gasteiger partial charge on any atom is -0.261 e. The number of pyridine rings is 1. The molecular weight excluding hydrogens is 267 g/mol. The monoisotopic (exact) mass is 272 g/mol. The summed E-state index contributed by atoms with van der Waals surface area (Å²) in [5.41, 5.74) is 1.68. The van der Waals surface area contributed by atoms with E-state index in [1.165, 1.54) is 0 Å². The Kier molecular flexibility index (Phi) is 2.79. The van der Waals surface area contributed by atoms with Crippen LogP contribution in [-0.2, 0) is 5.88 Å². The molecule has 0 aliphatic carbocycles. The smallest absolute Gasteiger partial charge is 0.0861 e. The third kappa shape index (κ3) is 1.78. The number of hydrogen-bond donors (Lipinski definition) is 0. The molecule has 0 N–H and O–H groups in total. The Labute approximate surface area is 94.0 Å². The Bertz CT molecular complexity index is 442. The van der Waals surface area contributed by atoms with Crippen molar-refractivity contribution < 1.29 is 0 Å². The highest BCUT2D eigenvalue weighted by atomic mass is 79.9. The number of alkyl halides is 1. The van der Waals surface area contributed by atoms with Gasteiger partial charge in [-0.3, -0.25) is 4.98 Å². The first kappa shape index (κ1) is 9.61. The number of rotatable bonds is 2. The van der Waals surface area contributed by atoms with E-state index in [1.807, 2.05) is 6.07 Å². The lowest BCUT2D eigenvalue weighted by Gasteiger charge is -2.02. The van der Waals surface area contributed by atoms with Crippen LogP contribution in [0.4, 0.5) is 0 Å². The molecule has 0 atom stereocenters. The maximum Gasteiger partial charge on any atom is 0.0861 e. The normalized spacial score (nSPS) is 10.4. The first-order valence-electron chi connectivity index (χ1n) is 3.87. The summed E-state index contributed by atoms with van der Waals surface area (Å²) in [4.78, 5) is 4.04. The molecule has 0 radical (unpaired) electrons. The molecule has 0 aromatic carbocycles. The summed E-state index contributed by atoms with van der Waals surface area (Å²) in [7, 11) is 0. The predicted octanol–water partition coefficient (Wildman–Crippen LogP) is 2.16. The van der Waals surface area contributed by atoms with Crippen molar-refractivity contribution in [3.63, 3.8) is 0 Å². The van der Waals surface area contributed by atoms with E-state index in [2.05, 4.69) is 31.2 Å². The van der Waals surface area contributed by atoms with Gasteiger partial charge in [0.15, 0.2) is 0 Å². The van der Waals surface area contributed by atoms with Crippen LogP contribution in [0.15, 0.2) is 29.1 Å². The molecule has 0 unspecified atom stereocenters. The molecule has 2 aromatic heterocycles. The molecule has 0 bridgehead atoms. The highest BCUT2D eigenvalue weighted by Crippen LogP contribution is 2.14. The molecule has 0 aliphatic heterocycles. The SMILES string of the molecule is ClCc1cnnn1-c1cncc(Br)c1. The van der Waals surface area contributed by atoms with E-state index in [9.17, 15) is 0 Å². The highest BCUT2D eigenvalue weighted by Gasteiger charge is 2.05. The van der Waals surface area contributed by atoms with E-state index in [0.29, 0.717) is 5.88 Å². The van der Waals surface area contributed by atoms with Crippen LogP contribution in [0.25, 0.3) is 5.69 Å². The van der Waals surface area contributed by atoms with Crippen molar-refractivity contribution in [3.8, 4) is 5.69 Å². The zero-order chi connectivity index (χ0) is 9.97. The van der Waals surface area contributed by atoms with Crippen LogP contribution in [0, 0.1) is 0 Å². The topological polar surface area (TPSA) is 43.6 Å². The Morgan fingerprint density at radius 3 is 2.93 bits per heavy atom. The highest BCUT2D eigenvalue weighted by molar-refractivity contribution is 9.10. The van der Waals surface area contributed by atoms with Gasteiger partial charge in [-0.2, -0.15) is 0 Å². The van der Waals surface area contributed by atoms with Crippen LogP contribution in [0.1, 0.15) is 5.69 Å². The van der Waals surface area contributed by atoms with Crippen molar-refractivity contribution in [2.24, 2.45) is 0 Å². The van der Waals surface area contributed by atoms with Crippen LogP contribution in [-0.4, -0.2) is 20.0 Å². The second-order valence-electron chi connectivity index (χ2n) is 2.63. The second kappa shape index (κ2) is 4.06. The zero-order valence-corrected chi connectivity index (χ0v) is 9.40. The maximum absolute atomic E-state index is 5.73. The van der Waals surface area contributed by atoms with Crippen molar-refractivity contribution in [2.75, 3.05) is 0 Å². The summed E-state index contributed by atoms with van der Waals surface area (Å²) in [6, 6.07) is 1.90. The third-order valence-corrected chi connectivity index (χ3v) is 2.40. The fourth-order valence-corrected chi connectivity index (χ4v) is 1.62. The minimum absolute atomic E-state index is 0.375. The van der Waals surface area contributed by atoms with E-state index in [0.717, 1.165) is 15.9 Å². The molecule has 0 spiro atoms. The summed E-state index contributed by atoms with van der Waals surface area (Å²) >= 11 is 9.07. The first-order chi connectivity index (χ1) is 6.81. The van der Waals surface area contributed by atoms with Crippen LogP contribution in [0.3, 0.4) is 0 Å². The lowest BCUT2D eigenvalue weighted by atomic mass is 10.4. The van der Waals surface area contributed by atoms with Crippen molar-refractivity contribution in [3.05, 3.63) is 34.8 Å². The van der Waals surface area contributed by atoms with E-state index < -0.39 is 0 Å². The second-order valence-corrected chi connectivity index (χ2v) is 3.82. The van der Waals surface area contributed by atoms with Gasteiger partial charge in [-0.1, -0.05) is 5.21 Å². The maximum atomic E-state index is 5.73. The quantitative estimate of drug-likeness (QED) is 0.788. The minimum atomic E-state index is 0.375. The number of hydrogen-bond acceptors (Lipinski definition) is 3. The van der Waals surface area contributed by atoms with Crippen molar-refractivity contribution in [1.82, 2.24) is 20.0 Å². The largest absolute Gasteiger partial charge is 0.261 e. The molecule has 0 amide bonds. The predicted molar refractivity (Wildman–Crippen MR) is 56.4 cm³/mol. The number of aromatic nitrogens is 4. The fraction of sp³-hybridized carbons (Fsp3) is 0.125. The molecule has 72 valence electrons. The fourth-order valence-electron chi connectivity index (χ4n) is 1.08. The van der Waals surface area contributed by atoms with Gasteiger partial charge in [0.25, 0.3) is 0 Å². The van der Waals surface area contributed by atoms with Gasteiger partial charge in [-0.05, 0) is 22.0 Å². The van der Waals surface area contributed by atoms with Gasteiger partial charge in [-0.25, -0.2) is 4.68 Å². The molecule has 0 aliphatic rings. The van der Waals surface area contributed by atoms with Gasteiger partial charge in [0.05, 0.1) is 29.7 Å². The average Bonchev–Trinajstić information content (AvgIpc) is 2.65. The molecule has 14 heavy (non-hydrogen) atoms. The Balaban J connectivity index is 2.49. The molecule has 0 fully saturated rings. The zero-order valence-electron chi connectivity index (χ0n) is 7.06. The standard InChI is InChI=1S/C8H6BrClN4/c9-6-1-7(4-11-3-6)14-8(2-10)5-12-13-14/h1,3-5H,2H2. The molecule has 2 rings (SSSR count). The van der Waals surface area contributed by atoms with Crippen LogP contribution in [0.5, 0.6) is 0 Å². The van der Waals surface area contributed by atoms with Crippen molar-refractivity contribution in [2.45, 2.75) is 5.88 Å². The molecule has 6 heteroatoms. The van der Waals surface area contributed by atoms with Gasteiger partial charge in [0, 0.05) is 10.7 Å². The summed E-state index contributed by atoms with van der Waals surface area (Å²) in [5.74, 6) is 0.375. The Morgan fingerprint density at radius 1 is 1.36 bits per heavy atom. The molecule has 4 nitrogen and oxygen atoms in total. The van der Waals surface area contributed by atoms with E-state index >= 15 is 0 Å². The molecular formula is C8H6BrClN4. The molecule has 2 heterocycles. The Hall–Kier alpha value is -0.940. The Morgan fingerprint density at radius 2 is 2.21 bits per heavy atom. The van der Waals surface area contributed by atoms with Crippen molar-refractivity contribution >= 4 is 27.5 Å². The van der Waals surface area contributed by atoms with E-state index in [4.69, 9.17) is 11.6 Å². The first-order valence-corrected chi connectivity index (χ1v) is 5.20. The summed E-state index contributed by atoms with van der Waals surface area (Å²) in [6.45, 7) is 0. The lowest BCUT2D eigenvalue weighted by molar-refractivity contribution is 0.777. The van der Waals surface area contributed by atoms with E-state index in [-0.39, 0.29) is 0 Å².